The van der Waals surface area contributed by atoms with Gasteiger partial charge in [-0.05, 0) is 18.4 Å². The molecule has 2 aromatic carbocycles. The number of Topliss-reactive ketones (excluding diaryl/α,β-unsaturated/α-hetero) is 1. The van der Waals surface area contributed by atoms with Crippen molar-refractivity contribution in [2.75, 3.05) is 0 Å². The summed E-state index contributed by atoms with van der Waals surface area (Å²) in [5, 5.41) is 26.8. The highest BCUT2D eigenvalue weighted by molar-refractivity contribution is 5.85. The lowest BCUT2D eigenvalue weighted by Gasteiger charge is -2.12. The standard InChI is InChI=1S/C25H17F3N4O4/c26-25(27,28)18-19(14-4-2-1-3-5-14)31-35-21(18)23-30-22(32-36-23)16-8-6-15(7-9-16)20(34)17(33)12-24(13-29)10-11-24/h1-9,20,34H,10-12H2. The van der Waals surface area contributed by atoms with E-state index in [2.05, 4.69) is 21.4 Å². The fourth-order valence-electron chi connectivity index (χ4n) is 3.83. The predicted octanol–water partition coefficient (Wildman–Crippen LogP) is 5.37. The third-order valence-corrected chi connectivity index (χ3v) is 6.04. The molecule has 1 aliphatic rings. The normalized spacial score (nSPS) is 15.3. The Hall–Kier alpha value is -4.30. The lowest BCUT2D eigenvalue weighted by atomic mass is 9.95. The van der Waals surface area contributed by atoms with Crippen molar-refractivity contribution in [3.8, 4) is 40.4 Å². The molecule has 182 valence electrons. The quantitative estimate of drug-likeness (QED) is 0.363. The van der Waals surface area contributed by atoms with Crippen LogP contribution >= 0.6 is 0 Å². The number of aliphatic hydroxyl groups is 1. The zero-order chi connectivity index (χ0) is 25.5. The van der Waals surface area contributed by atoms with E-state index < -0.39 is 46.4 Å². The minimum absolute atomic E-state index is 0.0235. The Labute approximate surface area is 202 Å². The minimum Gasteiger partial charge on any atom is -0.381 e. The molecule has 0 amide bonds. The van der Waals surface area contributed by atoms with Gasteiger partial charge in [0.05, 0.1) is 11.5 Å². The first-order valence-corrected chi connectivity index (χ1v) is 10.9. The van der Waals surface area contributed by atoms with Gasteiger partial charge >= 0.3 is 6.18 Å². The van der Waals surface area contributed by atoms with Gasteiger partial charge in [-0.3, -0.25) is 4.79 Å². The summed E-state index contributed by atoms with van der Waals surface area (Å²) in [7, 11) is 0. The van der Waals surface area contributed by atoms with Crippen LogP contribution in [0, 0.1) is 16.7 Å². The Balaban J connectivity index is 1.40. The average Bonchev–Trinajstić information content (AvgIpc) is 3.27. The first-order chi connectivity index (χ1) is 17.2. The van der Waals surface area contributed by atoms with E-state index in [0.29, 0.717) is 24.0 Å². The van der Waals surface area contributed by atoms with Crippen molar-refractivity contribution in [1.82, 2.24) is 15.3 Å². The van der Waals surface area contributed by atoms with E-state index in [1.165, 1.54) is 36.4 Å². The smallest absolute Gasteiger partial charge is 0.381 e. The fraction of sp³-hybridized carbons (Fsp3) is 0.240. The molecule has 8 nitrogen and oxygen atoms in total. The number of halogens is 3. The van der Waals surface area contributed by atoms with E-state index in [-0.39, 0.29) is 17.8 Å². The van der Waals surface area contributed by atoms with Gasteiger partial charge < -0.3 is 14.2 Å². The first kappa shape index (κ1) is 23.4. The number of benzene rings is 2. The topological polar surface area (TPSA) is 126 Å². The van der Waals surface area contributed by atoms with E-state index in [4.69, 9.17) is 14.3 Å². The predicted molar refractivity (Wildman–Crippen MR) is 118 cm³/mol. The van der Waals surface area contributed by atoms with Gasteiger partial charge in [0.2, 0.25) is 11.6 Å². The molecule has 1 aliphatic carbocycles. The Morgan fingerprint density at radius 1 is 1.06 bits per heavy atom. The van der Waals surface area contributed by atoms with Crippen LogP contribution in [-0.4, -0.2) is 26.2 Å². The maximum Gasteiger partial charge on any atom is 0.422 e. The number of ketones is 1. The van der Waals surface area contributed by atoms with Crippen LogP contribution in [-0.2, 0) is 11.0 Å². The molecule has 11 heteroatoms. The summed E-state index contributed by atoms with van der Waals surface area (Å²) in [5.74, 6) is -1.69. The van der Waals surface area contributed by atoms with Gasteiger partial charge in [-0.15, -0.1) is 0 Å². The maximum absolute atomic E-state index is 13.9. The summed E-state index contributed by atoms with van der Waals surface area (Å²) in [6.07, 6.45) is -4.95. The maximum atomic E-state index is 13.9. The molecule has 36 heavy (non-hydrogen) atoms. The minimum atomic E-state index is -4.80. The molecule has 1 N–H and O–H groups in total. The third-order valence-electron chi connectivity index (χ3n) is 6.04. The van der Waals surface area contributed by atoms with E-state index in [0.717, 1.165) is 0 Å². The van der Waals surface area contributed by atoms with E-state index in [1.54, 1.807) is 18.2 Å². The number of hydrogen-bond donors (Lipinski definition) is 1. The highest BCUT2D eigenvalue weighted by Gasteiger charge is 2.46. The molecule has 0 aliphatic heterocycles. The van der Waals surface area contributed by atoms with Crippen LogP contribution in [0.1, 0.15) is 36.5 Å². The Kier molecular flexibility index (Phi) is 5.68. The number of rotatable bonds is 7. The van der Waals surface area contributed by atoms with Crippen LogP contribution in [0.15, 0.2) is 63.6 Å². The van der Waals surface area contributed by atoms with Gasteiger partial charge in [-0.1, -0.05) is 64.9 Å². The van der Waals surface area contributed by atoms with Crippen LogP contribution in [0.5, 0.6) is 0 Å². The van der Waals surface area contributed by atoms with E-state index in [9.17, 15) is 23.1 Å². The van der Waals surface area contributed by atoms with Crippen LogP contribution in [0.2, 0.25) is 0 Å². The van der Waals surface area contributed by atoms with E-state index in [1.807, 2.05) is 0 Å². The van der Waals surface area contributed by atoms with Crippen LogP contribution in [0.3, 0.4) is 0 Å². The van der Waals surface area contributed by atoms with Crippen molar-refractivity contribution in [3.05, 3.63) is 65.7 Å². The number of hydrogen-bond acceptors (Lipinski definition) is 8. The van der Waals surface area contributed by atoms with Crippen molar-refractivity contribution >= 4 is 5.78 Å². The zero-order valence-corrected chi connectivity index (χ0v) is 18.5. The molecule has 0 bridgehead atoms. The van der Waals surface area contributed by atoms with Crippen molar-refractivity contribution in [2.45, 2.75) is 31.5 Å². The molecule has 1 saturated carbocycles. The zero-order valence-electron chi connectivity index (χ0n) is 18.5. The molecule has 4 aromatic rings. The van der Waals surface area contributed by atoms with Crippen molar-refractivity contribution in [3.63, 3.8) is 0 Å². The van der Waals surface area contributed by atoms with Crippen LogP contribution in [0.25, 0.3) is 34.3 Å². The Bertz CT molecular complexity index is 1450. The average molecular weight is 494 g/mol. The summed E-state index contributed by atoms with van der Waals surface area (Å²) in [6.45, 7) is 0. The first-order valence-electron chi connectivity index (χ1n) is 10.9. The second kappa shape index (κ2) is 8.73. The number of carbonyl (C=O) groups is 1. The monoisotopic (exact) mass is 494 g/mol. The molecular formula is C25H17F3N4O4. The lowest BCUT2D eigenvalue weighted by Crippen LogP contribution is -2.16. The van der Waals surface area contributed by atoms with Gasteiger partial charge in [0, 0.05) is 17.5 Å². The van der Waals surface area contributed by atoms with Gasteiger partial charge in [-0.25, -0.2) is 0 Å². The largest absolute Gasteiger partial charge is 0.422 e. The highest BCUT2D eigenvalue weighted by Crippen LogP contribution is 2.49. The Morgan fingerprint density at radius 3 is 2.36 bits per heavy atom. The molecule has 2 heterocycles. The number of nitrogens with zero attached hydrogens (tertiary/aromatic N) is 4. The Morgan fingerprint density at radius 2 is 1.75 bits per heavy atom. The SMILES string of the molecule is N#CC1(CC(=O)C(O)c2ccc(-c3noc(-c4onc(-c5ccccc5)c4C(F)(F)F)n3)cc2)CC1. The number of carbonyl (C=O) groups excluding carboxylic acids is 1. The number of aromatic nitrogens is 3. The number of aliphatic hydroxyl groups excluding tert-OH is 1. The van der Waals surface area contributed by atoms with Gasteiger partial charge in [-0.2, -0.15) is 23.4 Å². The highest BCUT2D eigenvalue weighted by atomic mass is 19.4. The molecule has 1 unspecified atom stereocenters. The molecule has 1 atom stereocenters. The summed E-state index contributed by atoms with van der Waals surface area (Å²) < 4.78 is 51.7. The fourth-order valence-corrected chi connectivity index (χ4v) is 3.83. The second-order valence-corrected chi connectivity index (χ2v) is 8.58. The van der Waals surface area contributed by atoms with Gasteiger partial charge in [0.15, 0.2) is 5.78 Å². The van der Waals surface area contributed by atoms with Gasteiger partial charge in [0.25, 0.3) is 5.89 Å². The molecule has 5 rings (SSSR count). The third kappa shape index (κ3) is 4.38. The number of nitriles is 1. The molecule has 0 spiro atoms. The van der Waals surface area contributed by atoms with E-state index >= 15 is 0 Å². The summed E-state index contributed by atoms with van der Waals surface area (Å²) in [4.78, 5) is 16.4. The molecular weight excluding hydrogens is 477 g/mol. The van der Waals surface area contributed by atoms with Crippen molar-refractivity contribution < 1.29 is 32.1 Å². The molecule has 2 aromatic heterocycles. The molecule has 1 fully saturated rings. The lowest BCUT2D eigenvalue weighted by molar-refractivity contribution is -0.137. The van der Waals surface area contributed by atoms with Crippen molar-refractivity contribution in [2.24, 2.45) is 5.41 Å². The van der Waals surface area contributed by atoms with Gasteiger partial charge in [0.1, 0.15) is 17.4 Å². The summed E-state index contributed by atoms with van der Waals surface area (Å²) >= 11 is 0. The van der Waals surface area contributed by atoms with Crippen LogP contribution in [0.4, 0.5) is 13.2 Å². The molecule has 0 radical (unpaired) electrons. The summed E-state index contributed by atoms with van der Waals surface area (Å²) in [6, 6.07) is 15.8. The van der Waals surface area contributed by atoms with Crippen molar-refractivity contribution in [1.29, 1.82) is 5.26 Å². The number of alkyl halides is 3. The molecule has 0 saturated heterocycles. The second-order valence-electron chi connectivity index (χ2n) is 8.58. The summed E-state index contributed by atoms with van der Waals surface area (Å²) in [5.41, 5.74) is -1.30. The van der Waals surface area contributed by atoms with Crippen LogP contribution < -0.4 is 0 Å².